The zero-order valence-corrected chi connectivity index (χ0v) is 7.79. The van der Waals surface area contributed by atoms with E-state index in [1.165, 1.54) is 6.20 Å². The number of amides is 1. The van der Waals surface area contributed by atoms with Gasteiger partial charge in [0.15, 0.2) is 0 Å². The van der Waals surface area contributed by atoms with Crippen LogP contribution in [0.3, 0.4) is 0 Å². The van der Waals surface area contributed by atoms with Crippen LogP contribution in [0.15, 0.2) is 12.3 Å². The highest BCUT2D eigenvalue weighted by Crippen LogP contribution is 2.08. The summed E-state index contributed by atoms with van der Waals surface area (Å²) in [5.74, 6) is 0.332. The maximum Gasteiger partial charge on any atom is 0.253 e. The summed E-state index contributed by atoms with van der Waals surface area (Å²) >= 11 is 0. The van der Waals surface area contributed by atoms with Gasteiger partial charge in [-0.3, -0.25) is 4.79 Å². The van der Waals surface area contributed by atoms with Crippen molar-refractivity contribution in [1.82, 2.24) is 10.3 Å². The number of hydrogen-bond donors (Lipinski definition) is 2. The van der Waals surface area contributed by atoms with E-state index < -0.39 is 0 Å². The summed E-state index contributed by atoms with van der Waals surface area (Å²) in [7, 11) is 0. The van der Waals surface area contributed by atoms with Crippen LogP contribution >= 0.6 is 0 Å². The highest BCUT2D eigenvalue weighted by Gasteiger charge is 2.07. The molecule has 0 spiro atoms. The van der Waals surface area contributed by atoms with Crippen molar-refractivity contribution in [3.63, 3.8) is 0 Å². The summed E-state index contributed by atoms with van der Waals surface area (Å²) in [4.78, 5) is 15.2. The fraction of sp³-hybridized carbons (Fsp3) is 0.333. The summed E-state index contributed by atoms with van der Waals surface area (Å²) < 4.78 is 0. The molecule has 0 saturated heterocycles. The summed E-state index contributed by atoms with van der Waals surface area (Å²) in [6.45, 7) is 4.32. The minimum Gasteiger partial charge on any atom is -0.384 e. The number of nitrogens with one attached hydrogen (secondary N) is 1. The average Bonchev–Trinajstić information content (AvgIpc) is 2.04. The van der Waals surface area contributed by atoms with E-state index in [1.807, 2.05) is 13.8 Å². The van der Waals surface area contributed by atoms with E-state index >= 15 is 0 Å². The van der Waals surface area contributed by atoms with Crippen molar-refractivity contribution in [2.75, 3.05) is 12.3 Å². The Labute approximate surface area is 77.2 Å². The Hall–Kier alpha value is -1.58. The summed E-state index contributed by atoms with van der Waals surface area (Å²) in [5, 5.41) is 2.70. The molecule has 4 nitrogen and oxygen atoms in total. The molecule has 1 amide bonds. The molecule has 0 saturated carbocycles. The largest absolute Gasteiger partial charge is 0.384 e. The molecule has 4 heteroatoms. The van der Waals surface area contributed by atoms with Gasteiger partial charge in [-0.1, -0.05) is 0 Å². The van der Waals surface area contributed by atoms with Gasteiger partial charge in [0, 0.05) is 12.7 Å². The number of carbonyl (C=O) groups is 1. The molecule has 0 aromatic carbocycles. The van der Waals surface area contributed by atoms with Crippen molar-refractivity contribution in [3.8, 4) is 0 Å². The van der Waals surface area contributed by atoms with Crippen LogP contribution in [0.5, 0.6) is 0 Å². The fourth-order valence-corrected chi connectivity index (χ4v) is 1.07. The SMILES string of the molecule is CCNC(=O)c1cnc(N)cc1C. The maximum atomic E-state index is 11.4. The molecule has 0 aliphatic rings. The first-order chi connectivity index (χ1) is 6.15. The third kappa shape index (κ3) is 2.18. The number of rotatable bonds is 2. The lowest BCUT2D eigenvalue weighted by molar-refractivity contribution is 0.0955. The van der Waals surface area contributed by atoms with E-state index in [0.29, 0.717) is 17.9 Å². The van der Waals surface area contributed by atoms with E-state index in [1.54, 1.807) is 6.07 Å². The Bertz CT molecular complexity index is 323. The molecule has 0 unspecified atom stereocenters. The predicted octanol–water partition coefficient (Wildman–Crippen LogP) is 0.722. The molecule has 1 heterocycles. The number of hydrogen-bond acceptors (Lipinski definition) is 3. The highest BCUT2D eigenvalue weighted by molar-refractivity contribution is 5.95. The van der Waals surface area contributed by atoms with Crippen molar-refractivity contribution in [2.45, 2.75) is 13.8 Å². The van der Waals surface area contributed by atoms with Gasteiger partial charge in [-0.05, 0) is 25.5 Å². The standard InChI is InChI=1S/C9H13N3O/c1-3-11-9(13)7-5-12-8(10)4-6(7)2/h4-5H,3H2,1-2H3,(H2,10,12)(H,11,13). The number of nitrogens with two attached hydrogens (primary N) is 1. The Morgan fingerprint density at radius 1 is 1.69 bits per heavy atom. The molecule has 0 fully saturated rings. The third-order valence-electron chi connectivity index (χ3n) is 1.71. The van der Waals surface area contributed by atoms with Gasteiger partial charge >= 0.3 is 0 Å². The van der Waals surface area contributed by atoms with Gasteiger partial charge in [0.2, 0.25) is 0 Å². The van der Waals surface area contributed by atoms with Gasteiger partial charge in [-0.15, -0.1) is 0 Å². The minimum absolute atomic E-state index is 0.104. The normalized spacial score (nSPS) is 9.69. The van der Waals surface area contributed by atoms with Gasteiger partial charge in [-0.2, -0.15) is 0 Å². The molecule has 1 aromatic rings. The van der Waals surface area contributed by atoms with Crippen LogP contribution in [-0.4, -0.2) is 17.4 Å². The Morgan fingerprint density at radius 2 is 2.38 bits per heavy atom. The molecule has 1 aromatic heterocycles. The first-order valence-corrected chi connectivity index (χ1v) is 4.15. The number of nitrogen functional groups attached to an aromatic ring is 1. The molecule has 0 radical (unpaired) electrons. The van der Waals surface area contributed by atoms with Crippen molar-refractivity contribution in [3.05, 3.63) is 23.4 Å². The van der Waals surface area contributed by atoms with Crippen molar-refractivity contribution in [1.29, 1.82) is 0 Å². The lowest BCUT2D eigenvalue weighted by Gasteiger charge is -2.05. The lowest BCUT2D eigenvalue weighted by Crippen LogP contribution is -2.23. The second-order valence-electron chi connectivity index (χ2n) is 2.78. The van der Waals surface area contributed by atoms with Crippen LogP contribution in [0.2, 0.25) is 0 Å². The number of pyridine rings is 1. The molecule has 0 aliphatic carbocycles. The van der Waals surface area contributed by atoms with Crippen LogP contribution in [-0.2, 0) is 0 Å². The number of aromatic nitrogens is 1. The van der Waals surface area contributed by atoms with E-state index in [9.17, 15) is 4.79 Å². The van der Waals surface area contributed by atoms with Crippen LogP contribution < -0.4 is 11.1 Å². The zero-order chi connectivity index (χ0) is 9.84. The smallest absolute Gasteiger partial charge is 0.253 e. The summed E-state index contributed by atoms with van der Waals surface area (Å²) in [5.41, 5.74) is 6.88. The van der Waals surface area contributed by atoms with Gasteiger partial charge in [0.05, 0.1) is 5.56 Å². The number of nitrogens with zero attached hydrogens (tertiary/aromatic N) is 1. The maximum absolute atomic E-state index is 11.4. The molecular formula is C9H13N3O. The van der Waals surface area contributed by atoms with Crippen molar-refractivity contribution >= 4 is 11.7 Å². The Balaban J connectivity index is 2.95. The van der Waals surface area contributed by atoms with E-state index in [-0.39, 0.29) is 5.91 Å². The number of aryl methyl sites for hydroxylation is 1. The molecule has 0 aliphatic heterocycles. The topological polar surface area (TPSA) is 68.0 Å². The predicted molar refractivity (Wildman–Crippen MR) is 51.4 cm³/mol. The van der Waals surface area contributed by atoms with E-state index in [2.05, 4.69) is 10.3 Å². The fourth-order valence-electron chi connectivity index (χ4n) is 1.07. The summed E-state index contributed by atoms with van der Waals surface area (Å²) in [6, 6.07) is 1.69. The minimum atomic E-state index is -0.104. The van der Waals surface area contributed by atoms with Gasteiger partial charge in [0.25, 0.3) is 5.91 Å². The van der Waals surface area contributed by atoms with Gasteiger partial charge in [-0.25, -0.2) is 4.98 Å². The Kier molecular flexibility index (Phi) is 2.84. The second kappa shape index (κ2) is 3.89. The van der Waals surface area contributed by atoms with Gasteiger partial charge < -0.3 is 11.1 Å². The zero-order valence-electron chi connectivity index (χ0n) is 7.79. The third-order valence-corrected chi connectivity index (χ3v) is 1.71. The first kappa shape index (κ1) is 9.51. The van der Waals surface area contributed by atoms with Crippen LogP contribution in [0, 0.1) is 6.92 Å². The highest BCUT2D eigenvalue weighted by atomic mass is 16.1. The molecule has 13 heavy (non-hydrogen) atoms. The molecule has 0 bridgehead atoms. The first-order valence-electron chi connectivity index (χ1n) is 4.15. The van der Waals surface area contributed by atoms with Crippen LogP contribution in [0.4, 0.5) is 5.82 Å². The molecule has 0 atom stereocenters. The molecule has 70 valence electrons. The second-order valence-corrected chi connectivity index (χ2v) is 2.78. The number of anilines is 1. The molecule has 1 rings (SSSR count). The van der Waals surface area contributed by atoms with Crippen LogP contribution in [0.1, 0.15) is 22.8 Å². The Morgan fingerprint density at radius 3 is 2.92 bits per heavy atom. The van der Waals surface area contributed by atoms with Crippen molar-refractivity contribution in [2.24, 2.45) is 0 Å². The van der Waals surface area contributed by atoms with E-state index in [4.69, 9.17) is 5.73 Å². The molecular weight excluding hydrogens is 166 g/mol. The number of carbonyl (C=O) groups excluding carboxylic acids is 1. The van der Waals surface area contributed by atoms with Gasteiger partial charge in [0.1, 0.15) is 5.82 Å². The average molecular weight is 179 g/mol. The quantitative estimate of drug-likeness (QED) is 0.703. The van der Waals surface area contributed by atoms with Crippen molar-refractivity contribution < 1.29 is 4.79 Å². The molecule has 3 N–H and O–H groups in total. The van der Waals surface area contributed by atoms with Crippen LogP contribution in [0.25, 0.3) is 0 Å². The van der Waals surface area contributed by atoms with E-state index in [0.717, 1.165) is 5.56 Å². The monoisotopic (exact) mass is 179 g/mol. The lowest BCUT2D eigenvalue weighted by atomic mass is 10.1. The summed E-state index contributed by atoms with van der Waals surface area (Å²) in [6.07, 6.45) is 1.50.